The van der Waals surface area contributed by atoms with Crippen molar-refractivity contribution in [3.63, 3.8) is 0 Å². The summed E-state index contributed by atoms with van der Waals surface area (Å²) in [4.78, 5) is 21.8. The highest BCUT2D eigenvalue weighted by molar-refractivity contribution is 5.85. The fourth-order valence-electron chi connectivity index (χ4n) is 6.06. The van der Waals surface area contributed by atoms with Crippen molar-refractivity contribution in [2.75, 3.05) is 20.1 Å². The zero-order valence-corrected chi connectivity index (χ0v) is 18.7. The summed E-state index contributed by atoms with van der Waals surface area (Å²) in [6.45, 7) is 5.18. The summed E-state index contributed by atoms with van der Waals surface area (Å²) in [7, 11) is 1.95. The van der Waals surface area contributed by atoms with Crippen LogP contribution in [0, 0.1) is 5.41 Å². The molecule has 3 heterocycles. The van der Waals surface area contributed by atoms with Gasteiger partial charge in [-0.1, -0.05) is 55.5 Å². The Balaban J connectivity index is 1.46. The second-order valence-electron chi connectivity index (χ2n) is 9.48. The van der Waals surface area contributed by atoms with Crippen molar-refractivity contribution in [2.24, 2.45) is 5.41 Å². The summed E-state index contributed by atoms with van der Waals surface area (Å²) < 4.78 is 0. The first kappa shape index (κ1) is 20.3. The number of amides is 1. The number of carbonyl (C=O) groups excluding carboxylic acids is 1. The Labute approximate surface area is 185 Å². The largest absolute Gasteiger partial charge is 0.357 e. The molecule has 31 heavy (non-hydrogen) atoms. The molecule has 0 saturated carbocycles. The van der Waals surface area contributed by atoms with Gasteiger partial charge in [0, 0.05) is 48.6 Å². The van der Waals surface area contributed by atoms with Crippen molar-refractivity contribution in [1.82, 2.24) is 14.8 Å². The van der Waals surface area contributed by atoms with Crippen LogP contribution in [-0.2, 0) is 17.8 Å². The number of benzene rings is 2. The molecule has 2 aliphatic heterocycles. The molecule has 1 amide bonds. The molecule has 3 aromatic rings. The van der Waals surface area contributed by atoms with Gasteiger partial charge in [0.15, 0.2) is 0 Å². The molecule has 0 radical (unpaired) electrons. The third kappa shape index (κ3) is 3.57. The molecule has 4 nitrogen and oxygen atoms in total. The van der Waals surface area contributed by atoms with Crippen molar-refractivity contribution < 1.29 is 4.79 Å². The molecule has 1 N–H and O–H groups in total. The van der Waals surface area contributed by atoms with Crippen LogP contribution >= 0.6 is 0 Å². The smallest absolute Gasteiger partial charge is 0.223 e. The SMILES string of the molecule is CC[C@@]1(CC(=O)N(C)Cc2ccccc2)CCCN2CCc3c([nH]c4ccccc34)[C@@H]21. The third-order valence-corrected chi connectivity index (χ3v) is 7.73. The average molecular weight is 416 g/mol. The summed E-state index contributed by atoms with van der Waals surface area (Å²) in [6, 6.07) is 19.3. The van der Waals surface area contributed by atoms with E-state index in [-0.39, 0.29) is 11.3 Å². The third-order valence-electron chi connectivity index (χ3n) is 7.73. The maximum atomic E-state index is 13.4. The number of fused-ring (bicyclic) bond motifs is 5. The summed E-state index contributed by atoms with van der Waals surface area (Å²) in [5, 5.41) is 1.36. The molecule has 0 spiro atoms. The number of hydrogen-bond donors (Lipinski definition) is 1. The van der Waals surface area contributed by atoms with E-state index in [2.05, 4.69) is 53.2 Å². The van der Waals surface area contributed by atoms with E-state index in [1.54, 1.807) is 0 Å². The zero-order chi connectivity index (χ0) is 21.4. The standard InChI is InChI=1S/C27H33N3O/c1-3-27(18-24(31)29(2)19-20-10-5-4-6-11-20)15-9-16-30-17-14-22-21-12-7-8-13-23(21)28-25(22)26(27)30/h4-8,10-13,26,28H,3,9,14-19H2,1-2H3/t26-,27+/m1/s1. The van der Waals surface area contributed by atoms with Crippen LogP contribution in [0.2, 0.25) is 0 Å². The van der Waals surface area contributed by atoms with Gasteiger partial charge in [-0.2, -0.15) is 0 Å². The fraction of sp³-hybridized carbons (Fsp3) is 0.444. The summed E-state index contributed by atoms with van der Waals surface area (Å²) in [5.41, 5.74) is 5.24. The highest BCUT2D eigenvalue weighted by Gasteiger charge is 2.48. The topological polar surface area (TPSA) is 39.3 Å². The minimum Gasteiger partial charge on any atom is -0.357 e. The minimum absolute atomic E-state index is 0.0175. The van der Waals surface area contributed by atoms with E-state index in [0.717, 1.165) is 32.4 Å². The van der Waals surface area contributed by atoms with Gasteiger partial charge >= 0.3 is 0 Å². The number of rotatable bonds is 5. The van der Waals surface area contributed by atoms with Crippen LogP contribution in [0.25, 0.3) is 10.9 Å². The normalized spacial score (nSPS) is 23.4. The van der Waals surface area contributed by atoms with Crippen molar-refractivity contribution in [2.45, 2.75) is 51.6 Å². The van der Waals surface area contributed by atoms with Crippen LogP contribution in [0.4, 0.5) is 0 Å². The second kappa shape index (κ2) is 8.16. The van der Waals surface area contributed by atoms with E-state index < -0.39 is 0 Å². The van der Waals surface area contributed by atoms with Gasteiger partial charge in [0.25, 0.3) is 0 Å². The van der Waals surface area contributed by atoms with Gasteiger partial charge in [-0.3, -0.25) is 9.69 Å². The Kier molecular flexibility index (Phi) is 5.35. The maximum Gasteiger partial charge on any atom is 0.223 e. The quantitative estimate of drug-likeness (QED) is 0.614. The lowest BCUT2D eigenvalue weighted by Crippen LogP contribution is -2.50. The number of aromatic nitrogens is 1. The highest BCUT2D eigenvalue weighted by atomic mass is 16.2. The Morgan fingerprint density at radius 3 is 2.71 bits per heavy atom. The van der Waals surface area contributed by atoms with E-state index in [1.807, 2.05) is 30.1 Å². The molecule has 2 aromatic carbocycles. The molecule has 162 valence electrons. The van der Waals surface area contributed by atoms with Gasteiger partial charge in [-0.15, -0.1) is 0 Å². The van der Waals surface area contributed by atoms with E-state index in [0.29, 0.717) is 19.0 Å². The van der Waals surface area contributed by atoms with Crippen molar-refractivity contribution in [1.29, 1.82) is 0 Å². The Bertz CT molecular complexity index is 1070. The maximum absolute atomic E-state index is 13.4. The van der Waals surface area contributed by atoms with Crippen molar-refractivity contribution in [3.8, 4) is 0 Å². The Morgan fingerprint density at radius 2 is 1.90 bits per heavy atom. The predicted octanol–water partition coefficient (Wildman–Crippen LogP) is 5.31. The van der Waals surface area contributed by atoms with E-state index in [4.69, 9.17) is 0 Å². The van der Waals surface area contributed by atoms with Gasteiger partial charge in [-0.25, -0.2) is 0 Å². The Morgan fingerprint density at radius 1 is 1.13 bits per heavy atom. The molecule has 1 fully saturated rings. The first-order valence-electron chi connectivity index (χ1n) is 11.7. The molecule has 1 saturated heterocycles. The number of para-hydroxylation sites is 1. The van der Waals surface area contributed by atoms with E-state index >= 15 is 0 Å². The number of H-pyrrole nitrogens is 1. The van der Waals surface area contributed by atoms with E-state index in [1.165, 1.54) is 34.1 Å². The van der Waals surface area contributed by atoms with Crippen LogP contribution in [0.15, 0.2) is 54.6 Å². The van der Waals surface area contributed by atoms with E-state index in [9.17, 15) is 4.79 Å². The Hall–Kier alpha value is -2.59. The van der Waals surface area contributed by atoms with Crippen molar-refractivity contribution in [3.05, 3.63) is 71.4 Å². The van der Waals surface area contributed by atoms with Gasteiger partial charge in [-0.05, 0) is 49.4 Å². The van der Waals surface area contributed by atoms with Crippen LogP contribution in [0.1, 0.15) is 55.5 Å². The summed E-state index contributed by atoms with van der Waals surface area (Å²) in [6.07, 6.45) is 5.02. The molecule has 2 atom stereocenters. The molecular weight excluding hydrogens is 382 g/mol. The minimum atomic E-state index is -0.0175. The number of nitrogens with one attached hydrogen (secondary N) is 1. The van der Waals surface area contributed by atoms with Gasteiger partial charge < -0.3 is 9.88 Å². The van der Waals surface area contributed by atoms with Gasteiger partial charge in [0.05, 0.1) is 6.04 Å². The first-order valence-corrected chi connectivity index (χ1v) is 11.7. The summed E-state index contributed by atoms with van der Waals surface area (Å²) in [5.74, 6) is 0.260. The summed E-state index contributed by atoms with van der Waals surface area (Å²) >= 11 is 0. The average Bonchev–Trinajstić information content (AvgIpc) is 3.18. The van der Waals surface area contributed by atoms with Crippen molar-refractivity contribution >= 4 is 16.8 Å². The zero-order valence-electron chi connectivity index (χ0n) is 18.7. The highest BCUT2D eigenvalue weighted by Crippen LogP contribution is 2.53. The molecule has 5 rings (SSSR count). The van der Waals surface area contributed by atoms with Crippen LogP contribution in [0.3, 0.4) is 0 Å². The molecule has 2 aliphatic rings. The van der Waals surface area contributed by atoms with Gasteiger partial charge in [0.1, 0.15) is 0 Å². The lowest BCUT2D eigenvalue weighted by Gasteiger charge is -2.52. The number of aromatic amines is 1. The van der Waals surface area contributed by atoms with Gasteiger partial charge in [0.2, 0.25) is 5.91 Å². The number of carbonyl (C=O) groups is 1. The van der Waals surface area contributed by atoms with Crippen LogP contribution in [-0.4, -0.2) is 40.8 Å². The number of hydrogen-bond acceptors (Lipinski definition) is 2. The molecular formula is C27H33N3O. The van der Waals surface area contributed by atoms with Crippen LogP contribution < -0.4 is 0 Å². The number of nitrogens with zero attached hydrogens (tertiary/aromatic N) is 2. The van der Waals surface area contributed by atoms with Crippen LogP contribution in [0.5, 0.6) is 0 Å². The number of piperidine rings is 1. The lowest BCUT2D eigenvalue weighted by molar-refractivity contribution is -0.136. The molecule has 1 aromatic heterocycles. The molecule has 0 bridgehead atoms. The second-order valence-corrected chi connectivity index (χ2v) is 9.48. The molecule has 4 heteroatoms. The fourth-order valence-corrected chi connectivity index (χ4v) is 6.06. The molecule has 0 aliphatic carbocycles. The molecule has 0 unspecified atom stereocenters. The monoisotopic (exact) mass is 415 g/mol. The first-order chi connectivity index (χ1) is 15.1. The lowest BCUT2D eigenvalue weighted by atomic mass is 9.66. The predicted molar refractivity (Wildman–Crippen MR) is 126 cm³/mol.